The molecule has 1 aliphatic carbocycles. The van der Waals surface area contributed by atoms with Crippen LogP contribution in [0.2, 0.25) is 0 Å². The molecule has 2 rings (SSSR count). The molecule has 0 saturated heterocycles. The van der Waals surface area contributed by atoms with Crippen molar-refractivity contribution in [3.05, 3.63) is 10.6 Å². The van der Waals surface area contributed by atoms with Gasteiger partial charge in [-0.05, 0) is 25.8 Å². The number of alkyl halides is 3. The largest absolute Gasteiger partial charge is 0.405 e. The van der Waals surface area contributed by atoms with Gasteiger partial charge in [0.1, 0.15) is 6.54 Å². The molecule has 0 aromatic carbocycles. The summed E-state index contributed by atoms with van der Waals surface area (Å²) in [6.45, 7) is 1.94. The number of nitrogens with one attached hydrogen (secondary N) is 1. The van der Waals surface area contributed by atoms with E-state index < -0.39 is 12.7 Å². The van der Waals surface area contributed by atoms with Crippen LogP contribution in [0.1, 0.15) is 36.4 Å². The van der Waals surface area contributed by atoms with Gasteiger partial charge in [-0.25, -0.2) is 4.98 Å². The Balaban J connectivity index is 2.16. The molecule has 1 aromatic rings. The maximum absolute atomic E-state index is 12.4. The summed E-state index contributed by atoms with van der Waals surface area (Å²) in [7, 11) is 1.44. The van der Waals surface area contributed by atoms with Crippen LogP contribution in [0, 0.1) is 0 Å². The Kier molecular flexibility index (Phi) is 4.35. The van der Waals surface area contributed by atoms with Crippen LogP contribution in [0.5, 0.6) is 0 Å². The molecule has 0 fully saturated rings. The van der Waals surface area contributed by atoms with Gasteiger partial charge in [0.25, 0.3) is 0 Å². The van der Waals surface area contributed by atoms with Crippen molar-refractivity contribution in [3.8, 4) is 0 Å². The van der Waals surface area contributed by atoms with Crippen LogP contribution in [0.4, 0.5) is 18.3 Å². The summed E-state index contributed by atoms with van der Waals surface area (Å²) in [5, 5.41) is 3.84. The number of rotatable bonds is 4. The number of halogens is 3. The molecule has 1 N–H and O–H groups in total. The minimum atomic E-state index is -4.19. The summed E-state index contributed by atoms with van der Waals surface area (Å²) in [4.78, 5) is 6.67. The van der Waals surface area contributed by atoms with E-state index in [4.69, 9.17) is 0 Å². The summed E-state index contributed by atoms with van der Waals surface area (Å²) in [6, 6.07) is 0.249. The fraction of sp³-hybridized carbons (Fsp3) is 0.750. The number of aryl methyl sites for hydroxylation is 1. The van der Waals surface area contributed by atoms with E-state index in [0.717, 1.165) is 36.4 Å². The highest BCUT2D eigenvalue weighted by Crippen LogP contribution is 2.37. The minimum Gasteiger partial charge on any atom is -0.342 e. The molecule has 0 radical (unpaired) electrons. The summed E-state index contributed by atoms with van der Waals surface area (Å²) in [5.74, 6) is 0. The molecular weight excluding hydrogens is 275 g/mol. The third-order valence-electron chi connectivity index (χ3n) is 3.13. The molecule has 0 amide bonds. The lowest BCUT2D eigenvalue weighted by atomic mass is 9.98. The van der Waals surface area contributed by atoms with Crippen molar-refractivity contribution in [2.45, 2.75) is 38.4 Å². The van der Waals surface area contributed by atoms with Gasteiger partial charge in [0.15, 0.2) is 5.13 Å². The number of hydrogen-bond donors (Lipinski definition) is 1. The van der Waals surface area contributed by atoms with Gasteiger partial charge in [0.05, 0.1) is 5.69 Å². The highest BCUT2D eigenvalue weighted by Gasteiger charge is 2.32. The molecule has 0 saturated carbocycles. The van der Waals surface area contributed by atoms with Crippen molar-refractivity contribution < 1.29 is 13.2 Å². The molecule has 7 heteroatoms. The van der Waals surface area contributed by atoms with Crippen LogP contribution in [0.25, 0.3) is 0 Å². The Bertz CT molecular complexity index is 430. The first-order valence-electron chi connectivity index (χ1n) is 6.41. The zero-order valence-electron chi connectivity index (χ0n) is 11.0. The van der Waals surface area contributed by atoms with E-state index in [1.807, 2.05) is 6.92 Å². The first kappa shape index (κ1) is 14.6. The van der Waals surface area contributed by atoms with E-state index in [-0.39, 0.29) is 6.04 Å². The van der Waals surface area contributed by atoms with Gasteiger partial charge >= 0.3 is 6.18 Å². The number of aromatic nitrogens is 1. The maximum atomic E-state index is 12.4. The molecule has 0 aliphatic heterocycles. The predicted molar refractivity (Wildman–Crippen MR) is 70.8 cm³/mol. The number of fused-ring (bicyclic) bond motifs is 1. The Morgan fingerprint density at radius 1 is 1.47 bits per heavy atom. The van der Waals surface area contributed by atoms with Gasteiger partial charge in [-0.2, -0.15) is 13.2 Å². The topological polar surface area (TPSA) is 28.2 Å². The van der Waals surface area contributed by atoms with Crippen molar-refractivity contribution in [3.63, 3.8) is 0 Å². The summed E-state index contributed by atoms with van der Waals surface area (Å²) < 4.78 is 37.2. The molecule has 1 aromatic heterocycles. The van der Waals surface area contributed by atoms with E-state index in [1.165, 1.54) is 23.3 Å². The van der Waals surface area contributed by atoms with Crippen molar-refractivity contribution in [2.24, 2.45) is 0 Å². The summed E-state index contributed by atoms with van der Waals surface area (Å²) >= 11 is 1.38. The first-order chi connectivity index (χ1) is 8.90. The lowest BCUT2D eigenvalue weighted by Crippen LogP contribution is -2.30. The van der Waals surface area contributed by atoms with Crippen molar-refractivity contribution in [1.29, 1.82) is 0 Å². The van der Waals surface area contributed by atoms with Crippen molar-refractivity contribution >= 4 is 16.5 Å². The molecular formula is C12H18F3N3S. The van der Waals surface area contributed by atoms with Gasteiger partial charge in [-0.15, -0.1) is 0 Å². The van der Waals surface area contributed by atoms with Crippen LogP contribution < -0.4 is 10.2 Å². The number of hydrogen-bond acceptors (Lipinski definition) is 4. The monoisotopic (exact) mass is 293 g/mol. The van der Waals surface area contributed by atoms with Crippen LogP contribution in [0.3, 0.4) is 0 Å². The van der Waals surface area contributed by atoms with E-state index in [0.29, 0.717) is 5.13 Å². The molecule has 0 bridgehead atoms. The van der Waals surface area contributed by atoms with E-state index >= 15 is 0 Å². The second-order valence-corrected chi connectivity index (χ2v) is 5.79. The molecule has 3 nitrogen and oxygen atoms in total. The van der Waals surface area contributed by atoms with Gasteiger partial charge in [0.2, 0.25) is 0 Å². The predicted octanol–water partition coefficient (Wildman–Crippen LogP) is 3.13. The zero-order valence-corrected chi connectivity index (χ0v) is 11.9. The second kappa shape index (κ2) is 5.66. The first-order valence-corrected chi connectivity index (χ1v) is 7.23. The van der Waals surface area contributed by atoms with Gasteiger partial charge in [-0.1, -0.05) is 18.3 Å². The lowest BCUT2D eigenvalue weighted by molar-refractivity contribution is -0.119. The Labute approximate surface area is 114 Å². The third-order valence-corrected chi connectivity index (χ3v) is 4.46. The minimum absolute atomic E-state index is 0.249. The standard InChI is InChI=1S/C12H18F3N3S/c1-3-16-8-5-4-6-9-10(8)19-11(17-9)18(2)7-12(13,14)15/h8,16H,3-7H2,1-2H3. The van der Waals surface area contributed by atoms with Crippen LogP contribution in [-0.4, -0.2) is 31.3 Å². The van der Waals surface area contributed by atoms with Gasteiger partial charge < -0.3 is 10.2 Å². The number of thiazole rings is 1. The van der Waals surface area contributed by atoms with Crippen molar-refractivity contribution in [2.75, 3.05) is 25.0 Å². The average Bonchev–Trinajstić information content (AvgIpc) is 2.72. The van der Waals surface area contributed by atoms with Crippen molar-refractivity contribution in [1.82, 2.24) is 10.3 Å². The van der Waals surface area contributed by atoms with Crippen LogP contribution in [0.15, 0.2) is 0 Å². The second-order valence-electron chi connectivity index (χ2n) is 4.78. The van der Waals surface area contributed by atoms with E-state index in [1.54, 1.807) is 0 Å². The molecule has 1 unspecified atom stereocenters. The summed E-state index contributed by atoms with van der Waals surface area (Å²) in [6.07, 6.45) is -1.25. The highest BCUT2D eigenvalue weighted by molar-refractivity contribution is 7.15. The van der Waals surface area contributed by atoms with E-state index in [9.17, 15) is 13.2 Å². The summed E-state index contributed by atoms with van der Waals surface area (Å²) in [5.41, 5.74) is 0.964. The molecule has 108 valence electrons. The average molecular weight is 293 g/mol. The third kappa shape index (κ3) is 3.60. The Morgan fingerprint density at radius 3 is 2.84 bits per heavy atom. The smallest absolute Gasteiger partial charge is 0.342 e. The Morgan fingerprint density at radius 2 is 2.21 bits per heavy atom. The SMILES string of the molecule is CCNC1CCCc2nc(N(C)CC(F)(F)F)sc21. The van der Waals surface area contributed by atoms with Crippen LogP contribution in [-0.2, 0) is 6.42 Å². The molecule has 0 spiro atoms. The Hall–Kier alpha value is -0.820. The van der Waals surface area contributed by atoms with Gasteiger partial charge in [-0.3, -0.25) is 0 Å². The zero-order chi connectivity index (χ0) is 14.0. The van der Waals surface area contributed by atoms with Crippen LogP contribution >= 0.6 is 11.3 Å². The fourth-order valence-corrected chi connectivity index (χ4v) is 3.53. The molecule has 19 heavy (non-hydrogen) atoms. The maximum Gasteiger partial charge on any atom is 0.405 e. The number of nitrogens with zero attached hydrogens (tertiary/aromatic N) is 2. The normalized spacial score (nSPS) is 19.3. The molecule has 1 aliphatic rings. The highest BCUT2D eigenvalue weighted by atomic mass is 32.1. The molecule has 1 atom stereocenters. The quantitative estimate of drug-likeness (QED) is 0.924. The van der Waals surface area contributed by atoms with E-state index in [2.05, 4.69) is 10.3 Å². The molecule has 1 heterocycles. The fourth-order valence-electron chi connectivity index (χ4n) is 2.35. The lowest BCUT2D eigenvalue weighted by Gasteiger charge is -2.21. The number of anilines is 1. The van der Waals surface area contributed by atoms with Gasteiger partial charge in [0, 0.05) is 18.0 Å².